The molecule has 0 unspecified atom stereocenters. The summed E-state index contributed by atoms with van der Waals surface area (Å²) in [5, 5.41) is -1.40. The molecular formula is C6H2Br2F3P. The van der Waals surface area contributed by atoms with Gasteiger partial charge < -0.3 is 0 Å². The molecule has 1 aromatic carbocycles. The van der Waals surface area contributed by atoms with E-state index in [1.54, 1.807) is 0 Å². The molecule has 0 saturated heterocycles. The molecule has 66 valence electrons. The predicted molar refractivity (Wildman–Crippen MR) is 50.7 cm³/mol. The molecule has 1 rings (SSSR count). The van der Waals surface area contributed by atoms with Gasteiger partial charge in [-0.05, 0) is 31.0 Å². The van der Waals surface area contributed by atoms with Gasteiger partial charge in [0.05, 0.1) is 10.6 Å². The van der Waals surface area contributed by atoms with Crippen molar-refractivity contribution in [3.63, 3.8) is 0 Å². The van der Waals surface area contributed by atoms with Crippen molar-refractivity contribution in [2.24, 2.45) is 0 Å². The van der Waals surface area contributed by atoms with E-state index in [1.807, 2.05) is 0 Å². The van der Waals surface area contributed by atoms with E-state index >= 15 is 0 Å². The summed E-state index contributed by atoms with van der Waals surface area (Å²) in [6.45, 7) is 0. The third kappa shape index (κ3) is 2.21. The van der Waals surface area contributed by atoms with Crippen LogP contribution >= 0.6 is 36.3 Å². The highest BCUT2D eigenvalue weighted by Gasteiger charge is 2.16. The van der Waals surface area contributed by atoms with E-state index in [9.17, 15) is 13.2 Å². The summed E-state index contributed by atoms with van der Waals surface area (Å²) in [6.07, 6.45) is 0. The molecule has 0 amide bonds. The lowest BCUT2D eigenvalue weighted by atomic mass is 10.3. The molecule has 0 bridgehead atoms. The number of hydrogen-bond donors (Lipinski definition) is 0. The van der Waals surface area contributed by atoms with Crippen LogP contribution in [0.2, 0.25) is 0 Å². The SMILES string of the molecule is Fc1cc(F)c(P(Br)Br)c(F)c1. The molecule has 0 spiro atoms. The number of hydrogen-bond acceptors (Lipinski definition) is 0. The molecule has 1 aromatic rings. The van der Waals surface area contributed by atoms with Crippen LogP contribution in [-0.4, -0.2) is 0 Å². The maximum atomic E-state index is 12.8. The first-order valence-electron chi connectivity index (χ1n) is 2.78. The standard InChI is InChI=1S/C6H2Br2F3P/c7-12(8)6-4(10)1-3(9)2-5(6)11/h1-2H. The Morgan fingerprint density at radius 2 is 1.42 bits per heavy atom. The smallest absolute Gasteiger partial charge is 0.138 e. The third-order valence-electron chi connectivity index (χ3n) is 1.15. The second kappa shape index (κ2) is 4.07. The zero-order valence-electron chi connectivity index (χ0n) is 5.49. The highest BCUT2D eigenvalue weighted by atomic mass is 79.9. The fourth-order valence-corrected chi connectivity index (χ4v) is 3.18. The van der Waals surface area contributed by atoms with E-state index in [4.69, 9.17) is 0 Å². The molecular weight excluding hydrogens is 320 g/mol. The summed E-state index contributed by atoms with van der Waals surface area (Å²) >= 11 is 5.98. The van der Waals surface area contributed by atoms with Crippen molar-refractivity contribution in [1.82, 2.24) is 0 Å². The molecule has 0 atom stereocenters. The fourth-order valence-electron chi connectivity index (χ4n) is 0.696. The van der Waals surface area contributed by atoms with Gasteiger partial charge in [-0.15, -0.1) is 0 Å². The maximum Gasteiger partial charge on any atom is 0.138 e. The van der Waals surface area contributed by atoms with Crippen LogP contribution in [0.3, 0.4) is 0 Å². The van der Waals surface area contributed by atoms with E-state index in [-0.39, 0.29) is 5.30 Å². The maximum absolute atomic E-state index is 12.8. The first kappa shape index (κ1) is 10.5. The molecule has 0 fully saturated rings. The Morgan fingerprint density at radius 3 is 1.75 bits per heavy atom. The van der Waals surface area contributed by atoms with Crippen molar-refractivity contribution in [3.8, 4) is 0 Å². The summed E-state index contributed by atoms with van der Waals surface area (Å²) < 4.78 is 38.0. The molecule has 6 heteroatoms. The molecule has 0 aliphatic heterocycles. The highest BCUT2D eigenvalue weighted by molar-refractivity contribution is 9.70. The Hall–Kier alpha value is 0.400. The lowest BCUT2D eigenvalue weighted by Crippen LogP contribution is -2.08. The molecule has 0 aromatic heterocycles. The van der Waals surface area contributed by atoms with Gasteiger partial charge in [-0.1, -0.05) is 0 Å². The van der Waals surface area contributed by atoms with E-state index < -0.39 is 22.8 Å². The Balaban J connectivity index is 3.28. The van der Waals surface area contributed by atoms with Gasteiger partial charge in [-0.2, -0.15) is 0 Å². The van der Waals surface area contributed by atoms with Crippen molar-refractivity contribution in [3.05, 3.63) is 29.6 Å². The van der Waals surface area contributed by atoms with Crippen LogP contribution in [0.4, 0.5) is 13.2 Å². The van der Waals surface area contributed by atoms with E-state index in [1.165, 1.54) is 0 Å². The minimum Gasteiger partial charge on any atom is -0.207 e. The van der Waals surface area contributed by atoms with Crippen LogP contribution in [0.1, 0.15) is 0 Å². The van der Waals surface area contributed by atoms with Gasteiger partial charge >= 0.3 is 0 Å². The number of rotatable bonds is 1. The fraction of sp³-hybridized carbons (Fsp3) is 0. The summed E-state index contributed by atoms with van der Waals surface area (Å²) in [5.41, 5.74) is 0. The van der Waals surface area contributed by atoms with Gasteiger partial charge in [-0.25, -0.2) is 13.2 Å². The van der Waals surface area contributed by atoms with Crippen molar-refractivity contribution in [1.29, 1.82) is 0 Å². The van der Waals surface area contributed by atoms with Gasteiger partial charge in [0.15, 0.2) is 0 Å². The average molecular weight is 322 g/mol. The summed E-state index contributed by atoms with van der Waals surface area (Å²) in [5.74, 6) is -2.68. The molecule has 12 heavy (non-hydrogen) atoms. The molecule has 0 heterocycles. The van der Waals surface area contributed by atoms with Crippen LogP contribution in [-0.2, 0) is 0 Å². The molecule has 0 saturated carbocycles. The Kier molecular flexibility index (Phi) is 3.56. The Labute approximate surface area is 84.4 Å². The average Bonchev–Trinajstić information content (AvgIpc) is 1.82. The number of halogens is 5. The summed E-state index contributed by atoms with van der Waals surface area (Å²) in [6, 6.07) is 1.30. The quantitative estimate of drug-likeness (QED) is 0.690. The summed E-state index contributed by atoms with van der Waals surface area (Å²) in [4.78, 5) is 0. The minimum absolute atomic E-state index is 0.161. The van der Waals surface area contributed by atoms with Crippen LogP contribution < -0.4 is 5.30 Å². The van der Waals surface area contributed by atoms with Gasteiger partial charge in [0.1, 0.15) is 17.5 Å². The lowest BCUT2D eigenvalue weighted by Gasteiger charge is -2.04. The zero-order chi connectivity index (χ0) is 9.30. The van der Waals surface area contributed by atoms with Gasteiger partial charge in [-0.3, -0.25) is 0 Å². The molecule has 0 aliphatic rings. The highest BCUT2D eigenvalue weighted by Crippen LogP contribution is 2.51. The van der Waals surface area contributed by atoms with E-state index in [0.29, 0.717) is 12.1 Å². The van der Waals surface area contributed by atoms with Gasteiger partial charge in [0.25, 0.3) is 0 Å². The monoisotopic (exact) mass is 320 g/mol. The van der Waals surface area contributed by atoms with Gasteiger partial charge in [0, 0.05) is 12.1 Å². The first-order chi connectivity index (χ1) is 5.52. The zero-order valence-corrected chi connectivity index (χ0v) is 9.56. The summed E-state index contributed by atoms with van der Waals surface area (Å²) in [7, 11) is 0. The van der Waals surface area contributed by atoms with E-state index in [2.05, 4.69) is 31.0 Å². The van der Waals surface area contributed by atoms with Crippen LogP contribution in [0, 0.1) is 17.5 Å². The van der Waals surface area contributed by atoms with E-state index in [0.717, 1.165) is 0 Å². The molecule has 0 N–H and O–H groups in total. The predicted octanol–water partition coefficient (Wildman–Crippen LogP) is 3.83. The van der Waals surface area contributed by atoms with Crippen molar-refractivity contribution >= 4 is 41.6 Å². The topological polar surface area (TPSA) is 0 Å². The van der Waals surface area contributed by atoms with Gasteiger partial charge in [0.2, 0.25) is 0 Å². The molecule has 0 nitrogen and oxygen atoms in total. The second-order valence-electron chi connectivity index (χ2n) is 1.95. The van der Waals surface area contributed by atoms with Crippen LogP contribution in [0.15, 0.2) is 12.1 Å². The lowest BCUT2D eigenvalue weighted by molar-refractivity contribution is 0.554. The molecule has 0 aliphatic carbocycles. The van der Waals surface area contributed by atoms with Crippen molar-refractivity contribution in [2.75, 3.05) is 0 Å². The molecule has 0 radical (unpaired) electrons. The largest absolute Gasteiger partial charge is 0.207 e. The number of benzene rings is 1. The second-order valence-corrected chi connectivity index (χ2v) is 9.98. The Morgan fingerprint density at radius 1 is 1.00 bits per heavy atom. The normalized spacial score (nSPS) is 10.8. The minimum atomic E-state index is -1.24. The van der Waals surface area contributed by atoms with Crippen molar-refractivity contribution < 1.29 is 13.2 Å². The third-order valence-corrected chi connectivity index (χ3v) is 4.04. The Bertz CT molecular complexity index is 280. The van der Waals surface area contributed by atoms with Crippen LogP contribution in [0.5, 0.6) is 0 Å². The first-order valence-corrected chi connectivity index (χ1v) is 8.16. The van der Waals surface area contributed by atoms with Crippen molar-refractivity contribution in [2.45, 2.75) is 0 Å². The van der Waals surface area contributed by atoms with Crippen LogP contribution in [0.25, 0.3) is 0 Å².